The van der Waals surface area contributed by atoms with E-state index in [1.54, 1.807) is 0 Å². The Morgan fingerprint density at radius 1 is 0.750 bits per heavy atom. The smallest absolute Gasteiger partial charge is 0.315 e. The molecule has 40 heavy (non-hydrogen) atoms. The van der Waals surface area contributed by atoms with Gasteiger partial charge in [-0.2, -0.15) is 0 Å². The number of hydrogen-bond donors (Lipinski definition) is 3. The average Bonchev–Trinajstić information content (AvgIpc) is 2.94. The molecule has 0 aliphatic carbocycles. The first-order valence-corrected chi connectivity index (χ1v) is 12.1. The summed E-state index contributed by atoms with van der Waals surface area (Å²) >= 11 is 0. The van der Waals surface area contributed by atoms with Gasteiger partial charge in [-0.05, 0) is 37.1 Å². The topological polar surface area (TPSA) is 162 Å². The standard InChI is InChI=1S/C15H13NO5.C15H15NO3/c1-10(17)13-7-12(8-14(15(13)18)16(19)20)21-9-11-5-3-2-4-6-11;1-10(17)13-7-12(8-14(16)15(13)18)19-9-11-5-3-2-4-6-11/h2-8,18H,9H2,1H3;2-8,18H,9,16H2,1H3. The maximum Gasteiger partial charge on any atom is 0.315 e. The Labute approximate surface area is 230 Å². The fraction of sp³-hybridized carbons (Fsp3) is 0.133. The summed E-state index contributed by atoms with van der Waals surface area (Å²) in [5.74, 6) is -0.938. The lowest BCUT2D eigenvalue weighted by Gasteiger charge is -2.10. The van der Waals surface area contributed by atoms with Crippen LogP contribution in [0.5, 0.6) is 23.0 Å². The van der Waals surface area contributed by atoms with Gasteiger partial charge >= 0.3 is 5.69 Å². The molecule has 0 saturated heterocycles. The van der Waals surface area contributed by atoms with Gasteiger partial charge in [0.25, 0.3) is 0 Å². The number of benzene rings is 4. The van der Waals surface area contributed by atoms with Crippen LogP contribution in [-0.2, 0) is 13.2 Å². The van der Waals surface area contributed by atoms with E-state index < -0.39 is 22.1 Å². The van der Waals surface area contributed by atoms with E-state index in [1.807, 2.05) is 60.7 Å². The van der Waals surface area contributed by atoms with Gasteiger partial charge in [0.15, 0.2) is 11.6 Å². The molecule has 0 radical (unpaired) electrons. The first kappa shape index (κ1) is 29.2. The average molecular weight is 545 g/mol. The number of nitrogen functional groups attached to an aromatic ring is 1. The highest BCUT2D eigenvalue weighted by Gasteiger charge is 2.22. The van der Waals surface area contributed by atoms with Crippen molar-refractivity contribution in [1.82, 2.24) is 0 Å². The number of ketones is 2. The number of phenols is 2. The number of aromatic hydroxyl groups is 2. The number of Topliss-reactive ketones (excluding diaryl/α,β-unsaturated/α-hetero) is 2. The molecule has 10 nitrogen and oxygen atoms in total. The molecule has 0 unspecified atom stereocenters. The van der Waals surface area contributed by atoms with Gasteiger partial charge in [0.05, 0.1) is 27.8 Å². The number of rotatable bonds is 9. The van der Waals surface area contributed by atoms with Crippen LogP contribution in [0.3, 0.4) is 0 Å². The molecule has 0 atom stereocenters. The zero-order valence-electron chi connectivity index (χ0n) is 21.9. The summed E-state index contributed by atoms with van der Waals surface area (Å²) in [6.45, 7) is 3.18. The minimum atomic E-state index is -0.753. The Morgan fingerprint density at radius 2 is 1.18 bits per heavy atom. The quantitative estimate of drug-likeness (QED) is 0.0772. The third kappa shape index (κ3) is 7.81. The van der Waals surface area contributed by atoms with E-state index in [4.69, 9.17) is 15.2 Å². The van der Waals surface area contributed by atoms with Crippen LogP contribution in [-0.4, -0.2) is 26.7 Å². The maximum atomic E-state index is 11.4. The third-order valence-corrected chi connectivity index (χ3v) is 5.63. The lowest BCUT2D eigenvalue weighted by atomic mass is 10.1. The van der Waals surface area contributed by atoms with Crippen LogP contribution < -0.4 is 15.2 Å². The highest BCUT2D eigenvalue weighted by molar-refractivity contribution is 5.99. The zero-order chi connectivity index (χ0) is 29.2. The molecule has 0 aliphatic heterocycles. The van der Waals surface area contributed by atoms with Crippen LogP contribution in [0.2, 0.25) is 0 Å². The number of carbonyl (C=O) groups excluding carboxylic acids is 2. The number of nitrogens with two attached hydrogens (primary N) is 1. The molecule has 0 saturated carbocycles. The third-order valence-electron chi connectivity index (χ3n) is 5.63. The van der Waals surface area contributed by atoms with E-state index in [1.165, 1.54) is 32.0 Å². The van der Waals surface area contributed by atoms with E-state index in [0.717, 1.165) is 17.2 Å². The Hall–Kier alpha value is -5.38. The second-order valence-electron chi connectivity index (χ2n) is 8.67. The minimum Gasteiger partial charge on any atom is -0.505 e. The number of nitrogens with zero attached hydrogens (tertiary/aromatic N) is 1. The van der Waals surface area contributed by atoms with Gasteiger partial charge in [-0.15, -0.1) is 0 Å². The maximum absolute atomic E-state index is 11.4. The second kappa shape index (κ2) is 13.4. The largest absolute Gasteiger partial charge is 0.505 e. The molecule has 0 amide bonds. The number of carbonyl (C=O) groups is 2. The van der Waals surface area contributed by atoms with Crippen molar-refractivity contribution in [3.8, 4) is 23.0 Å². The van der Waals surface area contributed by atoms with Gasteiger partial charge in [0.2, 0.25) is 5.75 Å². The molecule has 0 spiro atoms. The summed E-state index contributed by atoms with van der Waals surface area (Å²) in [5.41, 5.74) is 7.17. The lowest BCUT2D eigenvalue weighted by molar-refractivity contribution is -0.386. The normalized spacial score (nSPS) is 10.2. The van der Waals surface area contributed by atoms with Crippen LogP contribution in [0.15, 0.2) is 84.9 Å². The molecule has 0 aliphatic rings. The molecule has 0 aromatic heterocycles. The van der Waals surface area contributed by atoms with Crippen LogP contribution >= 0.6 is 0 Å². The monoisotopic (exact) mass is 544 g/mol. The summed E-state index contributed by atoms with van der Waals surface area (Å²) in [5, 5.41) is 30.3. The summed E-state index contributed by atoms with van der Waals surface area (Å²) in [7, 11) is 0. The Kier molecular flexibility index (Phi) is 9.79. The van der Waals surface area contributed by atoms with Crippen molar-refractivity contribution >= 4 is 22.9 Å². The molecule has 0 heterocycles. The van der Waals surface area contributed by atoms with E-state index >= 15 is 0 Å². The van der Waals surface area contributed by atoms with Crippen LogP contribution in [0.25, 0.3) is 0 Å². The molecular weight excluding hydrogens is 516 g/mol. The van der Waals surface area contributed by atoms with Gasteiger partial charge in [0, 0.05) is 6.07 Å². The molecule has 0 bridgehead atoms. The number of anilines is 1. The summed E-state index contributed by atoms with van der Waals surface area (Å²) < 4.78 is 11.0. The number of phenolic OH excluding ortho intramolecular Hbond substituents is 2. The molecule has 10 heteroatoms. The first-order chi connectivity index (χ1) is 19.1. The highest BCUT2D eigenvalue weighted by Crippen LogP contribution is 2.35. The number of ether oxygens (including phenoxy) is 2. The number of hydrogen-bond acceptors (Lipinski definition) is 9. The predicted molar refractivity (Wildman–Crippen MR) is 149 cm³/mol. The van der Waals surface area contributed by atoms with Crippen LogP contribution in [0, 0.1) is 10.1 Å². The molecule has 0 fully saturated rings. The van der Waals surface area contributed by atoms with E-state index in [2.05, 4.69) is 0 Å². The van der Waals surface area contributed by atoms with E-state index in [9.17, 15) is 29.9 Å². The lowest BCUT2D eigenvalue weighted by Crippen LogP contribution is -2.01. The van der Waals surface area contributed by atoms with Crippen LogP contribution in [0.1, 0.15) is 45.7 Å². The van der Waals surface area contributed by atoms with Crippen LogP contribution in [0.4, 0.5) is 11.4 Å². The first-order valence-electron chi connectivity index (χ1n) is 12.1. The SMILES string of the molecule is CC(=O)c1cc(OCc2ccccc2)cc(N)c1O.CC(=O)c1cc(OCc2ccccc2)cc([N+](=O)[O-])c1O. The zero-order valence-corrected chi connectivity index (χ0v) is 21.9. The second-order valence-corrected chi connectivity index (χ2v) is 8.67. The number of nitro benzene ring substituents is 1. The van der Waals surface area contributed by atoms with Gasteiger partial charge in [-0.25, -0.2) is 0 Å². The molecule has 4 N–H and O–H groups in total. The van der Waals surface area contributed by atoms with Gasteiger partial charge in [0.1, 0.15) is 30.5 Å². The molecule has 206 valence electrons. The summed E-state index contributed by atoms with van der Waals surface area (Å²) in [6.07, 6.45) is 0. The highest BCUT2D eigenvalue weighted by atomic mass is 16.6. The van der Waals surface area contributed by atoms with Gasteiger partial charge < -0.3 is 25.4 Å². The van der Waals surface area contributed by atoms with Gasteiger partial charge in [-0.3, -0.25) is 19.7 Å². The van der Waals surface area contributed by atoms with Crippen molar-refractivity contribution in [2.75, 3.05) is 5.73 Å². The van der Waals surface area contributed by atoms with Crippen molar-refractivity contribution < 1.29 is 34.2 Å². The molecule has 4 rings (SSSR count). The van der Waals surface area contributed by atoms with E-state index in [-0.39, 0.29) is 40.7 Å². The minimum absolute atomic E-state index is 0.132. The fourth-order valence-electron chi connectivity index (χ4n) is 3.55. The Morgan fingerprint density at radius 3 is 1.60 bits per heavy atom. The predicted octanol–water partition coefficient (Wildman–Crippen LogP) is 5.84. The van der Waals surface area contributed by atoms with Crippen molar-refractivity contribution in [3.05, 3.63) is 117 Å². The van der Waals surface area contributed by atoms with Crippen molar-refractivity contribution in [3.63, 3.8) is 0 Å². The molecule has 4 aromatic rings. The van der Waals surface area contributed by atoms with Crippen molar-refractivity contribution in [2.24, 2.45) is 0 Å². The van der Waals surface area contributed by atoms with E-state index in [0.29, 0.717) is 12.4 Å². The Bertz CT molecular complexity index is 1470. The van der Waals surface area contributed by atoms with Crippen molar-refractivity contribution in [2.45, 2.75) is 27.1 Å². The summed E-state index contributed by atoms with van der Waals surface area (Å²) in [6, 6.07) is 24.3. The fourth-order valence-corrected chi connectivity index (χ4v) is 3.55. The number of nitro groups is 1. The molecular formula is C30H28N2O8. The Balaban J connectivity index is 0.000000222. The van der Waals surface area contributed by atoms with Gasteiger partial charge in [-0.1, -0.05) is 60.7 Å². The van der Waals surface area contributed by atoms with Crippen molar-refractivity contribution in [1.29, 1.82) is 0 Å². The summed E-state index contributed by atoms with van der Waals surface area (Å²) in [4.78, 5) is 33.0. The molecule has 4 aromatic carbocycles.